The van der Waals surface area contributed by atoms with Gasteiger partial charge in [0.05, 0.1) is 31.8 Å². The summed E-state index contributed by atoms with van der Waals surface area (Å²) in [5.41, 5.74) is 1.06. The maximum Gasteiger partial charge on any atom is 0.227 e. The van der Waals surface area contributed by atoms with E-state index in [-0.39, 0.29) is 18.1 Å². The molecule has 4 nitrogen and oxygen atoms in total. The molecule has 2 unspecified atom stereocenters. The van der Waals surface area contributed by atoms with Crippen LogP contribution >= 0.6 is 0 Å². The molecule has 3 rings (SSSR count). The van der Waals surface area contributed by atoms with Gasteiger partial charge >= 0.3 is 0 Å². The molecule has 0 aliphatic carbocycles. The van der Waals surface area contributed by atoms with E-state index in [0.717, 1.165) is 18.8 Å². The van der Waals surface area contributed by atoms with Crippen LogP contribution in [0, 0.1) is 0 Å². The van der Waals surface area contributed by atoms with Crippen molar-refractivity contribution in [1.29, 1.82) is 0 Å². The van der Waals surface area contributed by atoms with Crippen LogP contribution < -0.4 is 0 Å². The van der Waals surface area contributed by atoms with Gasteiger partial charge in [-0.15, -0.1) is 0 Å². The molecule has 1 aromatic carbocycles. The van der Waals surface area contributed by atoms with Crippen molar-refractivity contribution < 1.29 is 14.3 Å². The number of nitrogens with zero attached hydrogens (tertiary/aromatic N) is 1. The van der Waals surface area contributed by atoms with Gasteiger partial charge in [0.25, 0.3) is 0 Å². The molecule has 2 atom stereocenters. The quantitative estimate of drug-likeness (QED) is 0.700. The number of ether oxygens (including phenoxy) is 2. The zero-order valence-corrected chi connectivity index (χ0v) is 10.2. The molecule has 1 aromatic rings. The Balaban J connectivity index is 1.59. The number of rotatable bonds is 6. The summed E-state index contributed by atoms with van der Waals surface area (Å²) in [7, 11) is 0. The first-order valence-electron chi connectivity index (χ1n) is 6.36. The Morgan fingerprint density at radius 3 is 2.17 bits per heavy atom. The lowest BCUT2D eigenvalue weighted by Gasteiger charge is -2.21. The van der Waals surface area contributed by atoms with Crippen LogP contribution in [-0.4, -0.2) is 49.3 Å². The van der Waals surface area contributed by atoms with E-state index in [9.17, 15) is 4.79 Å². The highest BCUT2D eigenvalue weighted by Gasteiger charge is 2.32. The molecule has 2 aliphatic rings. The fourth-order valence-corrected chi connectivity index (χ4v) is 2.00. The highest BCUT2D eigenvalue weighted by Crippen LogP contribution is 2.16. The first-order valence-corrected chi connectivity index (χ1v) is 6.36. The van der Waals surface area contributed by atoms with Crippen LogP contribution in [0.1, 0.15) is 5.56 Å². The molecule has 0 saturated carbocycles. The van der Waals surface area contributed by atoms with Crippen molar-refractivity contribution in [2.45, 2.75) is 18.6 Å². The number of hydrogen-bond donors (Lipinski definition) is 0. The number of carbonyl (C=O) groups is 1. The second-order valence-electron chi connectivity index (χ2n) is 4.87. The Labute approximate surface area is 106 Å². The maximum atomic E-state index is 12.3. The van der Waals surface area contributed by atoms with E-state index in [2.05, 4.69) is 0 Å². The van der Waals surface area contributed by atoms with E-state index in [1.807, 2.05) is 35.2 Å². The molecule has 2 aliphatic heterocycles. The van der Waals surface area contributed by atoms with Gasteiger partial charge in [-0.2, -0.15) is 0 Å². The van der Waals surface area contributed by atoms with Crippen LogP contribution in [0.2, 0.25) is 0 Å². The molecule has 96 valence electrons. The summed E-state index contributed by atoms with van der Waals surface area (Å²) in [4.78, 5) is 14.1. The summed E-state index contributed by atoms with van der Waals surface area (Å²) >= 11 is 0. The smallest absolute Gasteiger partial charge is 0.227 e. The minimum atomic E-state index is 0.159. The minimum absolute atomic E-state index is 0.159. The van der Waals surface area contributed by atoms with Crippen LogP contribution in [0.5, 0.6) is 0 Å². The summed E-state index contributed by atoms with van der Waals surface area (Å²) in [5.74, 6) is 0.159. The fourth-order valence-electron chi connectivity index (χ4n) is 2.00. The standard InChI is InChI=1S/C14H17NO3/c16-14(6-11-4-2-1-3-5-11)15(7-12-9-17-12)8-13-10-18-13/h1-5,12-13H,6-10H2. The van der Waals surface area contributed by atoms with Crippen LogP contribution in [0.15, 0.2) is 30.3 Å². The first-order chi connectivity index (χ1) is 8.81. The molecule has 2 saturated heterocycles. The molecule has 0 N–H and O–H groups in total. The topological polar surface area (TPSA) is 45.4 Å². The average Bonchev–Trinajstić information content (AvgIpc) is 3.24. The predicted octanol–water partition coefficient (Wildman–Crippen LogP) is 0.855. The maximum absolute atomic E-state index is 12.3. The fraction of sp³-hybridized carbons (Fsp3) is 0.500. The molecule has 1 amide bonds. The lowest BCUT2D eigenvalue weighted by Crippen LogP contribution is -2.38. The summed E-state index contributed by atoms with van der Waals surface area (Å²) in [6, 6.07) is 9.85. The zero-order chi connectivity index (χ0) is 12.4. The summed E-state index contributed by atoms with van der Waals surface area (Å²) in [6.07, 6.45) is 0.937. The molecular formula is C14H17NO3. The Hall–Kier alpha value is -1.39. The third-order valence-electron chi connectivity index (χ3n) is 3.20. The average molecular weight is 247 g/mol. The molecule has 4 heteroatoms. The largest absolute Gasteiger partial charge is 0.371 e. The molecule has 2 heterocycles. The summed E-state index contributed by atoms with van der Waals surface area (Å²) < 4.78 is 10.4. The Bertz CT molecular complexity index is 398. The number of benzene rings is 1. The zero-order valence-electron chi connectivity index (χ0n) is 10.2. The SMILES string of the molecule is O=C(Cc1ccccc1)N(CC1CO1)CC1CO1. The molecule has 2 fully saturated rings. The van der Waals surface area contributed by atoms with Crippen molar-refractivity contribution in [2.75, 3.05) is 26.3 Å². The number of carbonyl (C=O) groups excluding carboxylic acids is 1. The monoisotopic (exact) mass is 247 g/mol. The van der Waals surface area contributed by atoms with E-state index in [1.165, 1.54) is 0 Å². The van der Waals surface area contributed by atoms with Gasteiger partial charge in [0, 0.05) is 13.1 Å². The van der Waals surface area contributed by atoms with Crippen molar-refractivity contribution in [3.8, 4) is 0 Å². The lowest BCUT2D eigenvalue weighted by molar-refractivity contribution is -0.131. The van der Waals surface area contributed by atoms with E-state index in [0.29, 0.717) is 19.5 Å². The third kappa shape index (κ3) is 3.31. The molecule has 18 heavy (non-hydrogen) atoms. The van der Waals surface area contributed by atoms with Crippen LogP contribution in [-0.2, 0) is 20.7 Å². The molecule has 0 radical (unpaired) electrons. The minimum Gasteiger partial charge on any atom is -0.371 e. The second-order valence-corrected chi connectivity index (χ2v) is 4.87. The molecule has 0 aromatic heterocycles. The molecular weight excluding hydrogens is 230 g/mol. The van der Waals surface area contributed by atoms with E-state index in [4.69, 9.17) is 9.47 Å². The van der Waals surface area contributed by atoms with Gasteiger partial charge in [-0.05, 0) is 5.56 Å². The Morgan fingerprint density at radius 2 is 1.67 bits per heavy atom. The highest BCUT2D eigenvalue weighted by atomic mass is 16.6. The van der Waals surface area contributed by atoms with E-state index >= 15 is 0 Å². The summed E-state index contributed by atoms with van der Waals surface area (Å²) in [5, 5.41) is 0. The van der Waals surface area contributed by atoms with Crippen LogP contribution in [0.3, 0.4) is 0 Å². The Morgan fingerprint density at radius 1 is 1.11 bits per heavy atom. The van der Waals surface area contributed by atoms with Crippen molar-refractivity contribution in [3.63, 3.8) is 0 Å². The number of epoxide rings is 2. The molecule has 0 bridgehead atoms. The van der Waals surface area contributed by atoms with Crippen molar-refractivity contribution >= 4 is 5.91 Å². The number of amides is 1. The first kappa shape index (κ1) is 11.7. The highest BCUT2D eigenvalue weighted by molar-refractivity contribution is 5.78. The lowest BCUT2D eigenvalue weighted by atomic mass is 10.1. The normalized spacial score (nSPS) is 24.7. The van der Waals surface area contributed by atoms with Gasteiger partial charge in [-0.3, -0.25) is 4.79 Å². The number of hydrogen-bond acceptors (Lipinski definition) is 3. The van der Waals surface area contributed by atoms with Gasteiger partial charge in [0.2, 0.25) is 5.91 Å². The van der Waals surface area contributed by atoms with Gasteiger partial charge in [-0.1, -0.05) is 30.3 Å². The molecule has 0 spiro atoms. The van der Waals surface area contributed by atoms with Crippen molar-refractivity contribution in [2.24, 2.45) is 0 Å². The van der Waals surface area contributed by atoms with Crippen molar-refractivity contribution in [1.82, 2.24) is 4.90 Å². The van der Waals surface area contributed by atoms with Gasteiger partial charge in [0.1, 0.15) is 0 Å². The van der Waals surface area contributed by atoms with Crippen molar-refractivity contribution in [3.05, 3.63) is 35.9 Å². The second kappa shape index (κ2) is 5.08. The Kier molecular flexibility index (Phi) is 3.30. The van der Waals surface area contributed by atoms with E-state index < -0.39 is 0 Å². The third-order valence-corrected chi connectivity index (χ3v) is 3.20. The van der Waals surface area contributed by atoms with Gasteiger partial charge in [-0.25, -0.2) is 0 Å². The van der Waals surface area contributed by atoms with Gasteiger partial charge in [0.15, 0.2) is 0 Å². The van der Waals surface area contributed by atoms with Gasteiger partial charge < -0.3 is 14.4 Å². The van der Waals surface area contributed by atoms with Crippen LogP contribution in [0.4, 0.5) is 0 Å². The van der Waals surface area contributed by atoms with Crippen LogP contribution in [0.25, 0.3) is 0 Å². The predicted molar refractivity (Wildman–Crippen MR) is 66.2 cm³/mol. The van der Waals surface area contributed by atoms with E-state index in [1.54, 1.807) is 0 Å². The summed E-state index contributed by atoms with van der Waals surface area (Å²) in [6.45, 7) is 2.96.